The minimum atomic E-state index is 0.0346. The zero-order valence-electron chi connectivity index (χ0n) is 18.7. The summed E-state index contributed by atoms with van der Waals surface area (Å²) < 4.78 is 17.2. The Bertz CT molecular complexity index is 1020. The molecule has 3 aromatic carbocycles. The molecule has 0 N–H and O–H groups in total. The van der Waals surface area contributed by atoms with Crippen molar-refractivity contribution in [3.8, 4) is 17.6 Å². The molecule has 0 aromatic heterocycles. The van der Waals surface area contributed by atoms with Crippen LogP contribution in [0.3, 0.4) is 0 Å². The molecule has 1 atom stereocenters. The van der Waals surface area contributed by atoms with Gasteiger partial charge in [0.15, 0.2) is 6.29 Å². The molecule has 0 saturated carbocycles. The molecule has 4 rings (SSSR count). The highest BCUT2D eigenvalue weighted by molar-refractivity contribution is 5.83. The molecule has 1 fully saturated rings. The molecule has 166 valence electrons. The molecule has 0 radical (unpaired) electrons. The van der Waals surface area contributed by atoms with E-state index < -0.39 is 0 Å². The van der Waals surface area contributed by atoms with Crippen LogP contribution in [0.4, 0.5) is 0 Å². The van der Waals surface area contributed by atoms with Crippen LogP contribution in [0.2, 0.25) is 0 Å². The second kappa shape index (κ2) is 12.3. The van der Waals surface area contributed by atoms with E-state index in [1.807, 2.05) is 24.3 Å². The monoisotopic (exact) mass is 428 g/mol. The maximum atomic E-state index is 5.87. The van der Waals surface area contributed by atoms with Gasteiger partial charge in [0.1, 0.15) is 5.75 Å². The summed E-state index contributed by atoms with van der Waals surface area (Å²) >= 11 is 0. The van der Waals surface area contributed by atoms with Crippen molar-refractivity contribution in [1.29, 1.82) is 0 Å². The highest BCUT2D eigenvalue weighted by atomic mass is 16.7. The molecule has 0 bridgehead atoms. The lowest BCUT2D eigenvalue weighted by Gasteiger charge is -2.22. The van der Waals surface area contributed by atoms with Crippen molar-refractivity contribution in [2.24, 2.45) is 0 Å². The largest absolute Gasteiger partial charge is 0.494 e. The second-order valence-corrected chi connectivity index (χ2v) is 8.27. The SMILES string of the molecule is C(#Cc1ccc2ccccc2c1)c1ccc(OCCCCCCOC2CCCCO2)cc1. The van der Waals surface area contributed by atoms with Gasteiger partial charge in [0.05, 0.1) is 6.61 Å². The Morgan fingerprint density at radius 2 is 1.50 bits per heavy atom. The number of hydrogen-bond donors (Lipinski definition) is 0. The first-order valence-electron chi connectivity index (χ1n) is 11.8. The standard InChI is InChI=1S/C29H32O3/c1(2-7-21-31-29-11-5-8-22-32-29)6-20-30-28-18-15-24(16-19-28)12-13-25-14-17-26-9-3-4-10-27(26)23-25/h3-4,9-10,14-19,23,29H,1-2,5-8,11,20-22H2. The lowest BCUT2D eigenvalue weighted by atomic mass is 10.1. The zero-order valence-corrected chi connectivity index (χ0v) is 18.7. The van der Waals surface area contributed by atoms with Gasteiger partial charge >= 0.3 is 0 Å². The van der Waals surface area contributed by atoms with Gasteiger partial charge in [-0.2, -0.15) is 0 Å². The molecule has 0 aliphatic carbocycles. The lowest BCUT2D eigenvalue weighted by molar-refractivity contribution is -0.162. The molecule has 3 heteroatoms. The van der Waals surface area contributed by atoms with Crippen LogP contribution in [0.15, 0.2) is 66.7 Å². The Balaban J connectivity index is 1.12. The summed E-state index contributed by atoms with van der Waals surface area (Å²) in [5.74, 6) is 7.41. The minimum absolute atomic E-state index is 0.0346. The molecule has 1 aliphatic rings. The van der Waals surface area contributed by atoms with Gasteiger partial charge < -0.3 is 14.2 Å². The minimum Gasteiger partial charge on any atom is -0.494 e. The van der Waals surface area contributed by atoms with Gasteiger partial charge in [-0.25, -0.2) is 0 Å². The third-order valence-corrected chi connectivity index (χ3v) is 5.70. The molecule has 1 saturated heterocycles. The van der Waals surface area contributed by atoms with Crippen molar-refractivity contribution in [2.75, 3.05) is 19.8 Å². The highest BCUT2D eigenvalue weighted by Gasteiger charge is 2.13. The third-order valence-electron chi connectivity index (χ3n) is 5.70. The molecular weight excluding hydrogens is 396 g/mol. The Kier molecular flexibility index (Phi) is 8.60. The molecule has 1 heterocycles. The van der Waals surface area contributed by atoms with E-state index in [0.717, 1.165) is 62.4 Å². The van der Waals surface area contributed by atoms with Crippen molar-refractivity contribution in [2.45, 2.75) is 51.2 Å². The first-order chi connectivity index (χ1) is 15.9. The molecule has 3 aromatic rings. The predicted molar refractivity (Wildman–Crippen MR) is 130 cm³/mol. The predicted octanol–water partition coefficient (Wildman–Crippen LogP) is 6.72. The fourth-order valence-corrected chi connectivity index (χ4v) is 3.85. The van der Waals surface area contributed by atoms with Crippen molar-refractivity contribution in [3.63, 3.8) is 0 Å². The molecule has 1 unspecified atom stereocenters. The zero-order chi connectivity index (χ0) is 21.8. The van der Waals surface area contributed by atoms with E-state index >= 15 is 0 Å². The van der Waals surface area contributed by atoms with E-state index in [1.165, 1.54) is 30.0 Å². The lowest BCUT2D eigenvalue weighted by Crippen LogP contribution is -2.22. The first kappa shape index (κ1) is 22.4. The molecule has 32 heavy (non-hydrogen) atoms. The first-order valence-corrected chi connectivity index (χ1v) is 11.8. The smallest absolute Gasteiger partial charge is 0.157 e. The van der Waals surface area contributed by atoms with Gasteiger partial charge in [-0.15, -0.1) is 0 Å². The Morgan fingerprint density at radius 1 is 0.750 bits per heavy atom. The normalized spacial score (nSPS) is 15.8. The van der Waals surface area contributed by atoms with Crippen molar-refractivity contribution in [1.82, 2.24) is 0 Å². The van der Waals surface area contributed by atoms with Crippen LogP contribution in [0.25, 0.3) is 10.8 Å². The summed E-state index contributed by atoms with van der Waals surface area (Å²) in [4.78, 5) is 0. The van der Waals surface area contributed by atoms with Gasteiger partial charge in [-0.3, -0.25) is 0 Å². The maximum absolute atomic E-state index is 5.87. The summed E-state index contributed by atoms with van der Waals surface area (Å²) in [5.41, 5.74) is 2.02. The van der Waals surface area contributed by atoms with Crippen LogP contribution >= 0.6 is 0 Å². The van der Waals surface area contributed by atoms with E-state index in [-0.39, 0.29) is 6.29 Å². The Morgan fingerprint density at radius 3 is 2.31 bits per heavy atom. The van der Waals surface area contributed by atoms with Gasteiger partial charge in [-0.05, 0) is 85.7 Å². The van der Waals surface area contributed by atoms with Crippen LogP contribution in [-0.4, -0.2) is 26.1 Å². The second-order valence-electron chi connectivity index (χ2n) is 8.27. The molecule has 1 aliphatic heterocycles. The van der Waals surface area contributed by atoms with Crippen LogP contribution in [0.1, 0.15) is 56.1 Å². The average molecular weight is 429 g/mol. The topological polar surface area (TPSA) is 27.7 Å². The Hall–Kier alpha value is -2.80. The van der Waals surface area contributed by atoms with Crippen LogP contribution in [0.5, 0.6) is 5.75 Å². The molecule has 0 amide bonds. The maximum Gasteiger partial charge on any atom is 0.157 e. The number of unbranched alkanes of at least 4 members (excludes halogenated alkanes) is 3. The molecule has 0 spiro atoms. The summed E-state index contributed by atoms with van der Waals surface area (Å²) in [6, 6.07) is 22.7. The van der Waals surface area contributed by atoms with Gasteiger partial charge in [0.25, 0.3) is 0 Å². The average Bonchev–Trinajstić information content (AvgIpc) is 2.85. The van der Waals surface area contributed by atoms with Gasteiger partial charge in [0.2, 0.25) is 0 Å². The van der Waals surface area contributed by atoms with Crippen molar-refractivity contribution < 1.29 is 14.2 Å². The number of rotatable bonds is 9. The number of fused-ring (bicyclic) bond motifs is 1. The van der Waals surface area contributed by atoms with Crippen LogP contribution < -0.4 is 4.74 Å². The van der Waals surface area contributed by atoms with E-state index in [4.69, 9.17) is 14.2 Å². The fourth-order valence-electron chi connectivity index (χ4n) is 3.85. The van der Waals surface area contributed by atoms with Crippen molar-refractivity contribution in [3.05, 3.63) is 77.9 Å². The van der Waals surface area contributed by atoms with Crippen LogP contribution in [0, 0.1) is 11.8 Å². The van der Waals surface area contributed by atoms with E-state index in [1.54, 1.807) is 0 Å². The number of benzene rings is 3. The van der Waals surface area contributed by atoms with Crippen LogP contribution in [-0.2, 0) is 9.47 Å². The van der Waals surface area contributed by atoms with Gasteiger partial charge in [-0.1, -0.05) is 48.6 Å². The number of hydrogen-bond acceptors (Lipinski definition) is 3. The molecule has 3 nitrogen and oxygen atoms in total. The van der Waals surface area contributed by atoms with E-state index in [2.05, 4.69) is 54.3 Å². The number of ether oxygens (including phenoxy) is 3. The summed E-state index contributed by atoms with van der Waals surface area (Å²) in [6.45, 7) is 2.39. The Labute approximate surface area is 191 Å². The summed E-state index contributed by atoms with van der Waals surface area (Å²) in [6.07, 6.45) is 7.94. The third kappa shape index (κ3) is 7.12. The van der Waals surface area contributed by atoms with E-state index in [0.29, 0.717) is 0 Å². The molecular formula is C29H32O3. The van der Waals surface area contributed by atoms with Gasteiger partial charge in [0, 0.05) is 24.3 Å². The summed E-state index contributed by atoms with van der Waals surface area (Å²) in [7, 11) is 0. The van der Waals surface area contributed by atoms with E-state index in [9.17, 15) is 0 Å². The summed E-state index contributed by atoms with van der Waals surface area (Å²) in [5, 5.41) is 2.45. The quantitative estimate of drug-likeness (QED) is 0.280. The van der Waals surface area contributed by atoms with Crippen molar-refractivity contribution >= 4 is 10.8 Å². The highest BCUT2D eigenvalue weighted by Crippen LogP contribution is 2.17. The fraction of sp³-hybridized carbons (Fsp3) is 0.379.